The summed E-state index contributed by atoms with van der Waals surface area (Å²) < 4.78 is 0. The predicted octanol–water partition coefficient (Wildman–Crippen LogP) is 2.43. The van der Waals surface area contributed by atoms with Crippen LogP contribution in [-0.2, 0) is 0 Å². The lowest BCUT2D eigenvalue weighted by molar-refractivity contribution is 0.228. The summed E-state index contributed by atoms with van der Waals surface area (Å²) in [6.07, 6.45) is 2.63. The Morgan fingerprint density at radius 3 is 2.53 bits per heavy atom. The largest absolute Gasteiger partial charge is 0.312 e. The minimum Gasteiger partial charge on any atom is -0.312 e. The van der Waals surface area contributed by atoms with Crippen LogP contribution < -0.4 is 5.32 Å². The molecule has 1 atom stereocenters. The van der Waals surface area contributed by atoms with Crippen LogP contribution in [0, 0.1) is 5.92 Å². The molecule has 0 radical (unpaired) electrons. The maximum Gasteiger partial charge on any atom is 0.0109 e. The fraction of sp³-hybridized carbons (Fsp3) is 1.00. The zero-order valence-electron chi connectivity index (χ0n) is 13.8. The normalized spacial score (nSPS) is 21.5. The van der Waals surface area contributed by atoms with E-state index in [1.807, 2.05) is 0 Å². The Bertz CT molecular complexity index is 235. The monoisotopic (exact) mass is 269 g/mol. The number of hydrogen-bond donors (Lipinski definition) is 1. The van der Waals surface area contributed by atoms with Gasteiger partial charge >= 0.3 is 0 Å². The lowest BCUT2D eigenvalue weighted by atomic mass is 10.1. The molecule has 0 aromatic carbocycles. The van der Waals surface area contributed by atoms with Crippen molar-refractivity contribution in [2.24, 2.45) is 5.92 Å². The van der Waals surface area contributed by atoms with E-state index < -0.39 is 0 Å². The van der Waals surface area contributed by atoms with Crippen molar-refractivity contribution in [3.05, 3.63) is 0 Å². The molecule has 3 nitrogen and oxygen atoms in total. The van der Waals surface area contributed by atoms with Gasteiger partial charge in [-0.05, 0) is 65.7 Å². The topological polar surface area (TPSA) is 18.5 Å². The van der Waals surface area contributed by atoms with Crippen molar-refractivity contribution in [1.82, 2.24) is 15.1 Å². The molecule has 0 aliphatic carbocycles. The van der Waals surface area contributed by atoms with Crippen LogP contribution in [0.15, 0.2) is 0 Å². The molecule has 3 heteroatoms. The van der Waals surface area contributed by atoms with Gasteiger partial charge in [-0.2, -0.15) is 0 Å². The lowest BCUT2D eigenvalue weighted by Gasteiger charge is -2.25. The van der Waals surface area contributed by atoms with Crippen LogP contribution in [-0.4, -0.2) is 61.2 Å². The van der Waals surface area contributed by atoms with E-state index in [-0.39, 0.29) is 5.54 Å². The molecule has 0 amide bonds. The molecular formula is C16H35N3. The number of nitrogens with one attached hydrogen (secondary N) is 1. The van der Waals surface area contributed by atoms with Crippen molar-refractivity contribution in [1.29, 1.82) is 0 Å². The fourth-order valence-corrected chi connectivity index (χ4v) is 2.76. The van der Waals surface area contributed by atoms with E-state index in [2.05, 4.69) is 49.7 Å². The SMILES string of the molecule is CCCN(CC)CCN1CCC(CNC(C)(C)C)C1. The Morgan fingerprint density at radius 1 is 1.21 bits per heavy atom. The number of likely N-dealkylation sites (tertiary alicyclic amines) is 1. The van der Waals surface area contributed by atoms with Gasteiger partial charge in [0.1, 0.15) is 0 Å². The van der Waals surface area contributed by atoms with Crippen LogP contribution in [0.2, 0.25) is 0 Å². The van der Waals surface area contributed by atoms with Crippen molar-refractivity contribution in [2.45, 2.75) is 53.0 Å². The number of likely N-dealkylation sites (N-methyl/N-ethyl adjacent to an activating group) is 1. The summed E-state index contributed by atoms with van der Waals surface area (Å²) in [5.74, 6) is 0.848. The number of hydrogen-bond acceptors (Lipinski definition) is 3. The van der Waals surface area contributed by atoms with Gasteiger partial charge in [-0.25, -0.2) is 0 Å². The summed E-state index contributed by atoms with van der Waals surface area (Å²) in [4.78, 5) is 5.22. The Balaban J connectivity index is 2.17. The molecule has 0 bridgehead atoms. The summed E-state index contributed by atoms with van der Waals surface area (Å²) >= 11 is 0. The van der Waals surface area contributed by atoms with Crippen molar-refractivity contribution in [3.8, 4) is 0 Å². The molecule has 114 valence electrons. The smallest absolute Gasteiger partial charge is 0.0109 e. The van der Waals surface area contributed by atoms with Gasteiger partial charge in [0.15, 0.2) is 0 Å². The Hall–Kier alpha value is -0.120. The molecule has 0 saturated carbocycles. The molecule has 19 heavy (non-hydrogen) atoms. The Kier molecular flexibility index (Phi) is 7.33. The molecule has 1 heterocycles. The zero-order valence-corrected chi connectivity index (χ0v) is 13.8. The summed E-state index contributed by atoms with van der Waals surface area (Å²) in [6.45, 7) is 20.0. The molecule has 1 unspecified atom stereocenters. The van der Waals surface area contributed by atoms with Crippen molar-refractivity contribution < 1.29 is 0 Å². The molecular weight excluding hydrogens is 234 g/mol. The van der Waals surface area contributed by atoms with E-state index in [9.17, 15) is 0 Å². The number of rotatable bonds is 8. The van der Waals surface area contributed by atoms with Crippen molar-refractivity contribution >= 4 is 0 Å². The molecule has 1 N–H and O–H groups in total. The van der Waals surface area contributed by atoms with Crippen LogP contribution in [0.3, 0.4) is 0 Å². The third-order valence-corrected chi connectivity index (χ3v) is 4.01. The maximum absolute atomic E-state index is 3.64. The molecule has 0 aromatic rings. The average Bonchev–Trinajstić information content (AvgIpc) is 2.79. The van der Waals surface area contributed by atoms with E-state index in [0.29, 0.717) is 0 Å². The van der Waals surface area contributed by atoms with Gasteiger partial charge in [0.05, 0.1) is 0 Å². The quantitative estimate of drug-likeness (QED) is 0.730. The molecule has 1 rings (SSSR count). The second-order valence-electron chi connectivity index (χ2n) is 7.02. The second kappa shape index (κ2) is 8.23. The molecule has 1 aliphatic rings. The molecule has 0 aromatic heterocycles. The minimum atomic E-state index is 0.257. The van der Waals surface area contributed by atoms with Crippen LogP contribution >= 0.6 is 0 Å². The van der Waals surface area contributed by atoms with Crippen molar-refractivity contribution in [3.63, 3.8) is 0 Å². The van der Waals surface area contributed by atoms with Crippen LogP contribution in [0.25, 0.3) is 0 Å². The average molecular weight is 269 g/mol. The summed E-state index contributed by atoms with van der Waals surface area (Å²) in [5.41, 5.74) is 0.257. The van der Waals surface area contributed by atoms with E-state index in [1.165, 1.54) is 58.7 Å². The highest BCUT2D eigenvalue weighted by Crippen LogP contribution is 2.16. The summed E-state index contributed by atoms with van der Waals surface area (Å²) in [6, 6.07) is 0. The Morgan fingerprint density at radius 2 is 1.95 bits per heavy atom. The first-order chi connectivity index (χ1) is 8.94. The van der Waals surface area contributed by atoms with Crippen LogP contribution in [0.1, 0.15) is 47.5 Å². The first kappa shape index (κ1) is 16.9. The molecule has 0 spiro atoms. The fourth-order valence-electron chi connectivity index (χ4n) is 2.76. The van der Waals surface area contributed by atoms with Gasteiger partial charge in [-0.3, -0.25) is 0 Å². The molecule has 1 fully saturated rings. The van der Waals surface area contributed by atoms with E-state index in [1.54, 1.807) is 0 Å². The molecule has 1 saturated heterocycles. The lowest BCUT2D eigenvalue weighted by Crippen LogP contribution is -2.40. The third kappa shape index (κ3) is 7.28. The highest BCUT2D eigenvalue weighted by Gasteiger charge is 2.23. The zero-order chi connectivity index (χ0) is 14.3. The third-order valence-electron chi connectivity index (χ3n) is 4.01. The van der Waals surface area contributed by atoms with E-state index >= 15 is 0 Å². The van der Waals surface area contributed by atoms with Gasteiger partial charge in [-0.1, -0.05) is 13.8 Å². The Labute approximate surface area is 120 Å². The first-order valence-corrected chi connectivity index (χ1v) is 8.14. The highest BCUT2D eigenvalue weighted by molar-refractivity contribution is 4.80. The van der Waals surface area contributed by atoms with Gasteiger partial charge in [-0.15, -0.1) is 0 Å². The second-order valence-corrected chi connectivity index (χ2v) is 7.02. The van der Waals surface area contributed by atoms with E-state index in [0.717, 1.165) is 5.92 Å². The number of nitrogens with zero attached hydrogens (tertiary/aromatic N) is 2. The van der Waals surface area contributed by atoms with Crippen LogP contribution in [0.5, 0.6) is 0 Å². The van der Waals surface area contributed by atoms with E-state index in [4.69, 9.17) is 0 Å². The summed E-state index contributed by atoms with van der Waals surface area (Å²) in [7, 11) is 0. The molecule has 1 aliphatic heterocycles. The highest BCUT2D eigenvalue weighted by atomic mass is 15.2. The van der Waals surface area contributed by atoms with Crippen molar-refractivity contribution in [2.75, 3.05) is 45.8 Å². The predicted molar refractivity (Wildman–Crippen MR) is 84.7 cm³/mol. The maximum atomic E-state index is 3.64. The van der Waals surface area contributed by atoms with Gasteiger partial charge in [0.2, 0.25) is 0 Å². The van der Waals surface area contributed by atoms with Gasteiger partial charge in [0.25, 0.3) is 0 Å². The first-order valence-electron chi connectivity index (χ1n) is 8.14. The summed E-state index contributed by atoms with van der Waals surface area (Å²) in [5, 5.41) is 3.64. The standard InChI is InChI=1S/C16H35N3/c1-6-9-18(7-2)11-12-19-10-8-15(14-19)13-17-16(3,4)5/h15,17H,6-14H2,1-5H3. The minimum absolute atomic E-state index is 0.257. The van der Waals surface area contributed by atoms with Crippen LogP contribution in [0.4, 0.5) is 0 Å². The van der Waals surface area contributed by atoms with Gasteiger partial charge < -0.3 is 15.1 Å². The van der Waals surface area contributed by atoms with Gasteiger partial charge in [0, 0.05) is 25.2 Å².